The van der Waals surface area contributed by atoms with E-state index < -0.39 is 0 Å². The normalized spacial score (nSPS) is 11.2. The summed E-state index contributed by atoms with van der Waals surface area (Å²) in [7, 11) is 0. The number of hydrazine groups is 1. The quantitative estimate of drug-likeness (QED) is 0.567. The maximum absolute atomic E-state index is 5.66. The summed E-state index contributed by atoms with van der Waals surface area (Å²) in [5.74, 6) is 7.43. The molecule has 0 radical (unpaired) electrons. The van der Waals surface area contributed by atoms with Gasteiger partial charge in [0.25, 0.3) is 0 Å². The molecule has 0 bridgehead atoms. The number of hydrogen-bond donors (Lipinski definition) is 2. The Morgan fingerprint density at radius 1 is 1.15 bits per heavy atom. The molecule has 2 aromatic heterocycles. The number of nitrogen functional groups attached to an aromatic ring is 1. The van der Waals surface area contributed by atoms with Gasteiger partial charge in [0.1, 0.15) is 10.7 Å². The zero-order chi connectivity index (χ0) is 14.1. The highest BCUT2D eigenvalue weighted by atomic mass is 32.1. The van der Waals surface area contributed by atoms with Gasteiger partial charge in [0.05, 0.1) is 5.39 Å². The molecule has 3 rings (SSSR count). The fourth-order valence-corrected chi connectivity index (χ4v) is 3.11. The minimum Gasteiger partial charge on any atom is -0.308 e. The van der Waals surface area contributed by atoms with E-state index in [0.717, 1.165) is 27.2 Å². The fourth-order valence-electron chi connectivity index (χ4n) is 2.15. The van der Waals surface area contributed by atoms with Gasteiger partial charge in [0, 0.05) is 16.9 Å². The Bertz CT molecular complexity index is 734. The minimum atomic E-state index is 0.272. The van der Waals surface area contributed by atoms with Gasteiger partial charge in [-0.05, 0) is 5.56 Å². The summed E-state index contributed by atoms with van der Waals surface area (Å²) in [5, 5.41) is 3.10. The van der Waals surface area contributed by atoms with Crippen molar-refractivity contribution in [2.75, 3.05) is 5.43 Å². The van der Waals surface area contributed by atoms with E-state index in [1.807, 2.05) is 18.2 Å². The molecular formula is C15H16N4S. The number of aromatic nitrogens is 2. The van der Waals surface area contributed by atoms with Crippen LogP contribution in [0.2, 0.25) is 0 Å². The molecule has 3 N–H and O–H groups in total. The van der Waals surface area contributed by atoms with Gasteiger partial charge in [-0.15, -0.1) is 11.3 Å². The van der Waals surface area contributed by atoms with Crippen LogP contribution < -0.4 is 11.3 Å². The molecule has 102 valence electrons. The molecule has 20 heavy (non-hydrogen) atoms. The molecule has 4 nitrogen and oxygen atoms in total. The number of thiophene rings is 1. The fraction of sp³-hybridized carbons (Fsp3) is 0.200. The van der Waals surface area contributed by atoms with Crippen LogP contribution >= 0.6 is 11.3 Å². The number of anilines is 1. The van der Waals surface area contributed by atoms with Crippen LogP contribution in [-0.4, -0.2) is 9.97 Å². The molecule has 2 heterocycles. The highest BCUT2D eigenvalue weighted by Gasteiger charge is 2.15. The Balaban J connectivity index is 2.27. The van der Waals surface area contributed by atoms with E-state index in [1.54, 1.807) is 11.3 Å². The summed E-state index contributed by atoms with van der Waals surface area (Å²) in [6.45, 7) is 4.15. The molecule has 5 heteroatoms. The number of nitrogens with one attached hydrogen (secondary N) is 1. The molecular weight excluding hydrogens is 268 g/mol. The average Bonchev–Trinajstić information content (AvgIpc) is 2.91. The third-order valence-corrected chi connectivity index (χ3v) is 4.06. The minimum absolute atomic E-state index is 0.272. The van der Waals surface area contributed by atoms with E-state index in [-0.39, 0.29) is 5.92 Å². The van der Waals surface area contributed by atoms with Gasteiger partial charge in [-0.2, -0.15) is 0 Å². The maximum atomic E-state index is 5.66. The zero-order valence-electron chi connectivity index (χ0n) is 11.4. The highest BCUT2D eigenvalue weighted by molar-refractivity contribution is 7.17. The molecule has 0 fully saturated rings. The van der Waals surface area contributed by atoms with Gasteiger partial charge in [0.2, 0.25) is 0 Å². The van der Waals surface area contributed by atoms with Gasteiger partial charge >= 0.3 is 0 Å². The van der Waals surface area contributed by atoms with Crippen molar-refractivity contribution in [3.8, 4) is 11.1 Å². The molecule has 0 atom stereocenters. The molecule has 0 unspecified atom stereocenters. The topological polar surface area (TPSA) is 63.8 Å². The van der Waals surface area contributed by atoms with Gasteiger partial charge in [-0.1, -0.05) is 44.2 Å². The molecule has 0 amide bonds. The van der Waals surface area contributed by atoms with Crippen molar-refractivity contribution >= 4 is 27.4 Å². The van der Waals surface area contributed by atoms with Gasteiger partial charge in [-0.25, -0.2) is 15.8 Å². The van der Waals surface area contributed by atoms with Crippen molar-refractivity contribution in [3.63, 3.8) is 0 Å². The average molecular weight is 284 g/mol. The summed E-state index contributed by atoms with van der Waals surface area (Å²) in [6.07, 6.45) is 0. The molecule has 0 aliphatic carbocycles. The van der Waals surface area contributed by atoms with Gasteiger partial charge < -0.3 is 5.43 Å². The predicted octanol–water partition coefficient (Wildman–Crippen LogP) is 3.77. The summed E-state index contributed by atoms with van der Waals surface area (Å²) in [4.78, 5) is 10.1. The first-order valence-corrected chi connectivity index (χ1v) is 7.40. The monoisotopic (exact) mass is 284 g/mol. The van der Waals surface area contributed by atoms with E-state index >= 15 is 0 Å². The summed E-state index contributed by atoms with van der Waals surface area (Å²) in [6, 6.07) is 10.2. The Morgan fingerprint density at radius 2 is 1.90 bits per heavy atom. The van der Waals surface area contributed by atoms with Crippen LogP contribution in [0.1, 0.15) is 25.6 Å². The second kappa shape index (κ2) is 5.19. The predicted molar refractivity (Wildman–Crippen MR) is 84.8 cm³/mol. The molecule has 0 aliphatic rings. The highest BCUT2D eigenvalue weighted by Crippen LogP contribution is 2.37. The van der Waals surface area contributed by atoms with Gasteiger partial charge in [0.15, 0.2) is 5.82 Å². The first kappa shape index (κ1) is 13.0. The zero-order valence-corrected chi connectivity index (χ0v) is 12.2. The Morgan fingerprint density at radius 3 is 2.55 bits per heavy atom. The van der Waals surface area contributed by atoms with Crippen molar-refractivity contribution < 1.29 is 0 Å². The molecule has 0 spiro atoms. The van der Waals surface area contributed by atoms with E-state index in [9.17, 15) is 0 Å². The van der Waals surface area contributed by atoms with E-state index in [4.69, 9.17) is 5.84 Å². The lowest BCUT2D eigenvalue weighted by Gasteiger charge is -2.09. The van der Waals surface area contributed by atoms with Crippen LogP contribution in [-0.2, 0) is 0 Å². The van der Waals surface area contributed by atoms with Gasteiger partial charge in [-0.3, -0.25) is 0 Å². The number of nitrogens with zero attached hydrogens (tertiary/aromatic N) is 2. The number of nitrogens with two attached hydrogens (primary N) is 1. The van der Waals surface area contributed by atoms with Crippen molar-refractivity contribution in [2.24, 2.45) is 5.84 Å². The summed E-state index contributed by atoms with van der Waals surface area (Å²) in [5.41, 5.74) is 4.99. The second-order valence-electron chi connectivity index (χ2n) is 4.93. The number of rotatable bonds is 3. The first-order valence-electron chi connectivity index (χ1n) is 6.52. The number of benzene rings is 1. The van der Waals surface area contributed by atoms with Crippen LogP contribution in [0.3, 0.4) is 0 Å². The molecule has 0 aliphatic heterocycles. The maximum Gasteiger partial charge on any atom is 0.153 e. The number of hydrogen-bond acceptors (Lipinski definition) is 5. The van der Waals surface area contributed by atoms with Crippen molar-refractivity contribution in [2.45, 2.75) is 19.8 Å². The van der Waals surface area contributed by atoms with E-state index in [0.29, 0.717) is 5.82 Å². The van der Waals surface area contributed by atoms with E-state index in [2.05, 4.69) is 46.8 Å². The van der Waals surface area contributed by atoms with Crippen molar-refractivity contribution in [1.82, 2.24) is 9.97 Å². The lowest BCUT2D eigenvalue weighted by molar-refractivity contribution is 0.785. The first-order chi connectivity index (χ1) is 9.70. The summed E-state index contributed by atoms with van der Waals surface area (Å²) >= 11 is 1.62. The van der Waals surface area contributed by atoms with Crippen LogP contribution in [0.15, 0.2) is 35.7 Å². The van der Waals surface area contributed by atoms with Crippen LogP contribution in [0.5, 0.6) is 0 Å². The van der Waals surface area contributed by atoms with Crippen molar-refractivity contribution in [1.29, 1.82) is 0 Å². The second-order valence-corrected chi connectivity index (χ2v) is 5.78. The largest absolute Gasteiger partial charge is 0.308 e. The van der Waals surface area contributed by atoms with Crippen LogP contribution in [0, 0.1) is 0 Å². The third kappa shape index (κ3) is 2.15. The molecule has 1 aromatic carbocycles. The smallest absolute Gasteiger partial charge is 0.153 e. The van der Waals surface area contributed by atoms with Crippen LogP contribution in [0.25, 0.3) is 21.3 Å². The lowest BCUT2D eigenvalue weighted by atomic mass is 10.1. The Hall–Kier alpha value is -1.98. The number of fused-ring (bicyclic) bond motifs is 1. The third-order valence-electron chi connectivity index (χ3n) is 3.19. The Kier molecular flexibility index (Phi) is 3.38. The lowest BCUT2D eigenvalue weighted by Crippen LogP contribution is -2.11. The molecule has 0 saturated heterocycles. The van der Waals surface area contributed by atoms with E-state index in [1.165, 1.54) is 0 Å². The summed E-state index contributed by atoms with van der Waals surface area (Å²) < 4.78 is 0. The molecule has 3 aromatic rings. The Labute approximate surface area is 121 Å². The van der Waals surface area contributed by atoms with Crippen LogP contribution in [0.4, 0.5) is 5.82 Å². The SMILES string of the molecule is CC(C)c1nc(NN)c2c(-c3ccccc3)csc2n1. The molecule has 0 saturated carbocycles. The van der Waals surface area contributed by atoms with Crippen molar-refractivity contribution in [3.05, 3.63) is 41.5 Å². The standard InChI is InChI=1S/C15H16N4S/c1-9(2)13-17-14(19-16)12-11(8-20-15(12)18-13)10-6-4-3-5-7-10/h3-9H,16H2,1-2H3,(H,17,18,19).